The number of unbranched alkanes of at least 4 members (excludes halogenated alkanes) is 3. The van der Waals surface area contributed by atoms with E-state index in [0.717, 1.165) is 38.5 Å². The van der Waals surface area contributed by atoms with E-state index in [-0.39, 0.29) is 0 Å². The van der Waals surface area contributed by atoms with Gasteiger partial charge >= 0.3 is 5.97 Å². The van der Waals surface area contributed by atoms with Crippen molar-refractivity contribution in [3.8, 4) is 0 Å². The molecule has 2 unspecified atom stereocenters. The van der Waals surface area contributed by atoms with Crippen LogP contribution in [0, 0.1) is 5.92 Å². The molecular weight excluding hydrogens is 312 g/mol. The fraction of sp³-hybridized carbons (Fsp3) is 0.500. The van der Waals surface area contributed by atoms with Gasteiger partial charge in [0.15, 0.2) is 0 Å². The van der Waals surface area contributed by atoms with Gasteiger partial charge in [0.2, 0.25) is 0 Å². The summed E-state index contributed by atoms with van der Waals surface area (Å²) in [5.74, 6) is -1.52. The number of aliphatic hydroxyl groups excluding tert-OH is 1. The second kappa shape index (κ2) is 10.2. The van der Waals surface area contributed by atoms with Gasteiger partial charge in [0, 0.05) is 0 Å². The Balaban J connectivity index is 1.84. The van der Waals surface area contributed by atoms with E-state index in [1.54, 1.807) is 0 Å². The van der Waals surface area contributed by atoms with E-state index in [9.17, 15) is 15.0 Å². The Morgan fingerprint density at radius 3 is 2.44 bits per heavy atom. The van der Waals surface area contributed by atoms with Crippen molar-refractivity contribution in [2.75, 3.05) is 0 Å². The molecule has 2 N–H and O–H groups in total. The normalized spacial score (nSPS) is 13.7. The molecule has 2 rings (SSSR count). The van der Waals surface area contributed by atoms with E-state index in [0.29, 0.717) is 12.8 Å². The third kappa shape index (κ3) is 6.17. The van der Waals surface area contributed by atoms with Crippen LogP contribution in [0.2, 0.25) is 0 Å². The number of hydrogen-bond acceptors (Lipinski definition) is 2. The van der Waals surface area contributed by atoms with E-state index in [2.05, 4.69) is 37.3 Å². The van der Waals surface area contributed by atoms with Crippen molar-refractivity contribution in [2.45, 2.75) is 64.4 Å². The smallest absolute Gasteiger partial charge is 0.309 e. The highest BCUT2D eigenvalue weighted by Crippen LogP contribution is 2.21. The molecule has 0 bridgehead atoms. The average molecular weight is 342 g/mol. The first kappa shape index (κ1) is 19.5. The van der Waals surface area contributed by atoms with E-state index < -0.39 is 18.0 Å². The molecule has 3 heteroatoms. The Morgan fingerprint density at radius 1 is 0.960 bits per heavy atom. The number of aliphatic hydroxyl groups is 1. The Morgan fingerprint density at radius 2 is 1.72 bits per heavy atom. The zero-order chi connectivity index (χ0) is 18.1. The molecule has 2 aromatic rings. The molecule has 0 aliphatic carbocycles. The predicted molar refractivity (Wildman–Crippen MR) is 103 cm³/mol. The maximum absolute atomic E-state index is 11.5. The molecule has 0 spiro atoms. The van der Waals surface area contributed by atoms with Crippen LogP contribution >= 0.6 is 0 Å². The molecule has 3 nitrogen and oxygen atoms in total. The number of carboxylic acids is 1. The highest BCUT2D eigenvalue weighted by molar-refractivity contribution is 5.82. The van der Waals surface area contributed by atoms with Gasteiger partial charge in [-0.3, -0.25) is 4.79 Å². The van der Waals surface area contributed by atoms with Gasteiger partial charge in [0.05, 0.1) is 12.0 Å². The minimum absolute atomic E-state index is 0.525. The molecular formula is C22H30O3. The molecule has 0 saturated carbocycles. The maximum atomic E-state index is 11.5. The van der Waals surface area contributed by atoms with Gasteiger partial charge in [-0.05, 0) is 42.0 Å². The first-order valence-electron chi connectivity index (χ1n) is 9.50. The monoisotopic (exact) mass is 342 g/mol. The summed E-state index contributed by atoms with van der Waals surface area (Å²) in [4.78, 5) is 11.5. The number of aryl methyl sites for hydroxylation is 1. The van der Waals surface area contributed by atoms with E-state index >= 15 is 0 Å². The first-order valence-corrected chi connectivity index (χ1v) is 9.50. The van der Waals surface area contributed by atoms with Crippen LogP contribution in [0.25, 0.3) is 10.8 Å². The minimum atomic E-state index is -0.874. The zero-order valence-electron chi connectivity index (χ0n) is 15.2. The fourth-order valence-electron chi connectivity index (χ4n) is 3.38. The Labute approximate surface area is 150 Å². The Kier molecular flexibility index (Phi) is 7.93. The molecule has 0 aliphatic rings. The molecule has 25 heavy (non-hydrogen) atoms. The van der Waals surface area contributed by atoms with Crippen molar-refractivity contribution in [3.05, 3.63) is 48.0 Å². The van der Waals surface area contributed by atoms with Gasteiger partial charge in [0.25, 0.3) is 0 Å². The lowest BCUT2D eigenvalue weighted by Gasteiger charge is -2.19. The van der Waals surface area contributed by atoms with E-state index in [1.807, 2.05) is 12.1 Å². The standard InChI is InChI=1S/C22H30O3/c1-2-3-4-5-13-21(23)20(22(24)25)12-8-9-17-14-15-18-10-6-7-11-19(18)16-17/h6-7,10-11,14-16,20-21,23H,2-5,8-9,12-13H2,1H3,(H,24,25). The van der Waals surface area contributed by atoms with Crippen molar-refractivity contribution >= 4 is 16.7 Å². The van der Waals surface area contributed by atoms with Gasteiger partial charge in [-0.2, -0.15) is 0 Å². The van der Waals surface area contributed by atoms with Gasteiger partial charge in [-0.1, -0.05) is 75.1 Å². The molecule has 0 radical (unpaired) electrons. The number of hydrogen-bond donors (Lipinski definition) is 2. The van der Waals surface area contributed by atoms with Crippen LogP contribution in [-0.2, 0) is 11.2 Å². The van der Waals surface area contributed by atoms with Crippen LogP contribution in [0.3, 0.4) is 0 Å². The predicted octanol–water partition coefficient (Wildman–Crippen LogP) is 5.19. The highest BCUT2D eigenvalue weighted by atomic mass is 16.4. The minimum Gasteiger partial charge on any atom is -0.481 e. The quantitative estimate of drug-likeness (QED) is 0.552. The van der Waals surface area contributed by atoms with Gasteiger partial charge in [0.1, 0.15) is 0 Å². The second-order valence-corrected chi connectivity index (χ2v) is 6.94. The SMILES string of the molecule is CCCCCCC(O)C(CCCc1ccc2ccccc2c1)C(=O)O. The number of rotatable bonds is 11. The van der Waals surface area contributed by atoms with Crippen LogP contribution < -0.4 is 0 Å². The lowest BCUT2D eigenvalue weighted by atomic mass is 9.91. The molecule has 0 fully saturated rings. The topological polar surface area (TPSA) is 57.5 Å². The van der Waals surface area contributed by atoms with Crippen molar-refractivity contribution in [1.29, 1.82) is 0 Å². The summed E-state index contributed by atoms with van der Waals surface area (Å²) < 4.78 is 0. The summed E-state index contributed by atoms with van der Waals surface area (Å²) in [5.41, 5.74) is 1.22. The van der Waals surface area contributed by atoms with Crippen LogP contribution in [-0.4, -0.2) is 22.3 Å². The second-order valence-electron chi connectivity index (χ2n) is 6.94. The molecule has 0 heterocycles. The number of carbonyl (C=O) groups is 1. The van der Waals surface area contributed by atoms with Crippen molar-refractivity contribution in [3.63, 3.8) is 0 Å². The van der Waals surface area contributed by atoms with Crippen LogP contribution in [0.15, 0.2) is 42.5 Å². The molecule has 2 aromatic carbocycles. The molecule has 2 atom stereocenters. The van der Waals surface area contributed by atoms with Gasteiger partial charge in [-0.15, -0.1) is 0 Å². The van der Waals surface area contributed by atoms with Crippen LogP contribution in [0.4, 0.5) is 0 Å². The lowest BCUT2D eigenvalue weighted by molar-refractivity contribution is -0.146. The van der Waals surface area contributed by atoms with Crippen molar-refractivity contribution in [1.82, 2.24) is 0 Å². The number of aliphatic carboxylic acids is 1. The Bertz CT molecular complexity index is 665. The molecule has 0 aliphatic heterocycles. The van der Waals surface area contributed by atoms with Crippen molar-refractivity contribution in [2.24, 2.45) is 5.92 Å². The van der Waals surface area contributed by atoms with Gasteiger partial charge < -0.3 is 10.2 Å². The molecule has 0 saturated heterocycles. The summed E-state index contributed by atoms with van der Waals surface area (Å²) in [5, 5.41) is 22.1. The van der Waals surface area contributed by atoms with Crippen LogP contribution in [0.5, 0.6) is 0 Å². The number of fused-ring (bicyclic) bond motifs is 1. The Hall–Kier alpha value is -1.87. The third-order valence-corrected chi connectivity index (χ3v) is 4.93. The van der Waals surface area contributed by atoms with E-state index in [1.165, 1.54) is 16.3 Å². The molecule has 0 aromatic heterocycles. The first-order chi connectivity index (χ1) is 12.1. The summed E-state index contributed by atoms with van der Waals surface area (Å²) in [6.07, 6.45) is 6.27. The van der Waals surface area contributed by atoms with Crippen molar-refractivity contribution < 1.29 is 15.0 Å². The number of carboxylic acid groups (broad SMARTS) is 1. The summed E-state index contributed by atoms with van der Waals surface area (Å²) >= 11 is 0. The summed E-state index contributed by atoms with van der Waals surface area (Å²) in [6, 6.07) is 14.6. The molecule has 136 valence electrons. The third-order valence-electron chi connectivity index (χ3n) is 4.93. The zero-order valence-corrected chi connectivity index (χ0v) is 15.2. The summed E-state index contributed by atoms with van der Waals surface area (Å²) in [6.45, 7) is 2.14. The van der Waals surface area contributed by atoms with Crippen LogP contribution in [0.1, 0.15) is 57.4 Å². The van der Waals surface area contributed by atoms with Gasteiger partial charge in [-0.25, -0.2) is 0 Å². The molecule has 0 amide bonds. The lowest BCUT2D eigenvalue weighted by Crippen LogP contribution is -2.28. The highest BCUT2D eigenvalue weighted by Gasteiger charge is 2.25. The summed E-state index contributed by atoms with van der Waals surface area (Å²) in [7, 11) is 0. The van der Waals surface area contributed by atoms with E-state index in [4.69, 9.17) is 0 Å². The largest absolute Gasteiger partial charge is 0.481 e. The number of benzene rings is 2. The average Bonchev–Trinajstić information content (AvgIpc) is 2.61. The fourth-order valence-corrected chi connectivity index (χ4v) is 3.38. The maximum Gasteiger partial charge on any atom is 0.309 e.